The van der Waals surface area contributed by atoms with Crippen LogP contribution in [-0.2, 0) is 37.9 Å². The molecule has 4 N–H and O–H groups in total. The van der Waals surface area contributed by atoms with E-state index in [1.54, 1.807) is 0 Å². The number of hydrogen-bond donors (Lipinski definition) is 4. The van der Waals surface area contributed by atoms with Gasteiger partial charge in [-0.15, -0.1) is 0 Å². The molecular formula is C56H114O12. The van der Waals surface area contributed by atoms with Gasteiger partial charge in [-0.25, -0.2) is 0 Å². The van der Waals surface area contributed by atoms with Gasteiger partial charge in [0.2, 0.25) is 0 Å². The van der Waals surface area contributed by atoms with Crippen molar-refractivity contribution < 1.29 is 58.3 Å². The maximum absolute atomic E-state index is 11.2. The molecule has 410 valence electrons. The van der Waals surface area contributed by atoms with Crippen molar-refractivity contribution in [1.82, 2.24) is 0 Å². The molecule has 0 aromatic heterocycles. The maximum atomic E-state index is 11.2. The molecule has 0 saturated carbocycles. The van der Waals surface area contributed by atoms with E-state index in [0.29, 0.717) is 39.5 Å². The zero-order chi connectivity index (χ0) is 47.7. The van der Waals surface area contributed by atoms with Crippen molar-refractivity contribution in [3.05, 3.63) is 0 Å². The first kappa shape index (κ1) is 67.5. The molecule has 0 aliphatic carbocycles. The number of rotatable bonds is 47. The topological polar surface area (TPSA) is 155 Å². The Hall–Kier alpha value is -0.480. The van der Waals surface area contributed by atoms with E-state index in [1.165, 1.54) is 174 Å². The van der Waals surface area contributed by atoms with Gasteiger partial charge in [-0.3, -0.25) is 0 Å². The first-order valence-corrected chi connectivity index (χ1v) is 27.8. The maximum Gasteiger partial charge on any atom is 0.110 e. The molecule has 0 radical (unpaired) electrons. The molecule has 0 amide bonds. The van der Waals surface area contributed by atoms with Gasteiger partial charge < -0.3 is 58.3 Å². The van der Waals surface area contributed by atoms with E-state index in [1.807, 2.05) is 6.92 Å². The summed E-state index contributed by atoms with van der Waals surface area (Å²) in [6.45, 7) is 10.3. The summed E-state index contributed by atoms with van der Waals surface area (Å²) < 4.78 is 47.4. The lowest BCUT2D eigenvalue weighted by molar-refractivity contribution is -0.243. The van der Waals surface area contributed by atoms with Crippen LogP contribution in [-0.4, -0.2) is 149 Å². The average Bonchev–Trinajstić information content (AvgIpc) is 3.32. The predicted octanol–water partition coefficient (Wildman–Crippen LogP) is 11.6. The van der Waals surface area contributed by atoms with Crippen molar-refractivity contribution in [2.24, 2.45) is 11.8 Å². The Morgan fingerprint density at radius 1 is 0.309 bits per heavy atom. The van der Waals surface area contributed by atoms with Crippen LogP contribution in [0.25, 0.3) is 0 Å². The SMILES string of the molecule is C.C.CCCCCCCCCCCCCCCCOCCOCC1O[C@@H](COC[C@H]2C(O)C(O)[C@H](COC)O[C@H]2COCCOCCCCCCCCCCCCCCCC)C(O)[C@H](O)[C@@H]1CC. The van der Waals surface area contributed by atoms with Crippen LogP contribution in [0.4, 0.5) is 0 Å². The van der Waals surface area contributed by atoms with Gasteiger partial charge in [0.25, 0.3) is 0 Å². The summed E-state index contributed by atoms with van der Waals surface area (Å²) in [6, 6.07) is 0. The van der Waals surface area contributed by atoms with Gasteiger partial charge in [-0.05, 0) is 19.3 Å². The summed E-state index contributed by atoms with van der Waals surface area (Å²) in [5.74, 6) is -0.902. The minimum absolute atomic E-state index is 0. The van der Waals surface area contributed by atoms with E-state index in [2.05, 4.69) is 13.8 Å². The number of ether oxygens (including phenoxy) is 8. The second-order valence-corrected chi connectivity index (χ2v) is 19.7. The Morgan fingerprint density at radius 3 is 0.985 bits per heavy atom. The molecule has 2 aliphatic rings. The molecule has 0 bridgehead atoms. The van der Waals surface area contributed by atoms with Gasteiger partial charge in [0.05, 0.1) is 83.9 Å². The zero-order valence-corrected chi connectivity index (χ0v) is 43.1. The highest BCUT2D eigenvalue weighted by Crippen LogP contribution is 2.31. The Morgan fingerprint density at radius 2 is 0.618 bits per heavy atom. The number of hydrogen-bond acceptors (Lipinski definition) is 12. The van der Waals surface area contributed by atoms with Crippen molar-refractivity contribution in [3.8, 4) is 0 Å². The lowest BCUT2D eigenvalue weighted by Crippen LogP contribution is -2.59. The van der Waals surface area contributed by atoms with Crippen LogP contribution >= 0.6 is 0 Å². The molecule has 0 spiro atoms. The van der Waals surface area contributed by atoms with Gasteiger partial charge in [-0.2, -0.15) is 0 Å². The van der Waals surface area contributed by atoms with Crippen molar-refractivity contribution in [3.63, 3.8) is 0 Å². The first-order chi connectivity index (χ1) is 32.4. The van der Waals surface area contributed by atoms with E-state index in [-0.39, 0.29) is 53.8 Å². The lowest BCUT2D eigenvalue weighted by atomic mass is 9.85. The summed E-state index contributed by atoms with van der Waals surface area (Å²) in [4.78, 5) is 0. The van der Waals surface area contributed by atoms with Crippen LogP contribution < -0.4 is 0 Å². The molecule has 2 heterocycles. The monoisotopic (exact) mass is 979 g/mol. The quantitative estimate of drug-likeness (QED) is 0.0429. The summed E-state index contributed by atoms with van der Waals surface area (Å²) >= 11 is 0. The van der Waals surface area contributed by atoms with Crippen LogP contribution in [0.15, 0.2) is 0 Å². The van der Waals surface area contributed by atoms with Crippen molar-refractivity contribution >= 4 is 0 Å². The van der Waals surface area contributed by atoms with Crippen LogP contribution in [0.1, 0.15) is 222 Å². The molecule has 4 unspecified atom stereocenters. The van der Waals surface area contributed by atoms with Crippen LogP contribution in [0.5, 0.6) is 0 Å². The van der Waals surface area contributed by atoms with E-state index in [4.69, 9.17) is 37.9 Å². The number of aliphatic hydroxyl groups is 4. The third-order valence-electron chi connectivity index (χ3n) is 14.0. The molecule has 0 aromatic carbocycles. The molecule has 2 fully saturated rings. The molecule has 10 atom stereocenters. The molecule has 2 saturated heterocycles. The fourth-order valence-electron chi connectivity index (χ4n) is 9.63. The summed E-state index contributed by atoms with van der Waals surface area (Å²) in [7, 11) is 1.53. The Labute approximate surface area is 419 Å². The predicted molar refractivity (Wildman–Crippen MR) is 279 cm³/mol. The number of aliphatic hydroxyl groups excluding tert-OH is 4. The molecule has 12 nitrogen and oxygen atoms in total. The molecule has 12 heteroatoms. The van der Waals surface area contributed by atoms with Crippen molar-refractivity contribution in [1.29, 1.82) is 0 Å². The van der Waals surface area contributed by atoms with Crippen molar-refractivity contribution in [2.45, 2.75) is 271 Å². The highest BCUT2D eigenvalue weighted by Gasteiger charge is 2.46. The standard InChI is InChI=1S/C54H106O12.2CH4/c1-5-8-10-12-14-16-18-20-22-24-26-28-30-32-34-60-36-38-62-42-47-45(7-3)51(55)54(58)50(65-47)44-64-40-46-48(66-49(41-59-4)53(57)52(46)56)43-63-39-37-61-35-33-31-29-27-25-23-21-19-17-15-13-11-9-6-2;;/h45-58H,5-44H2,1-4H3;2*1H4/t45-,46-,47?,48+,49+,50+,51-,52?,53?,54?;;/m1../s1. The van der Waals surface area contributed by atoms with Crippen LogP contribution in [0.2, 0.25) is 0 Å². The minimum atomic E-state index is -1.17. The Kier molecular flexibility index (Phi) is 47.2. The molecular weight excluding hydrogens is 865 g/mol. The number of unbranched alkanes of at least 4 members (excludes halogenated alkanes) is 26. The Balaban J connectivity index is 0.0000224. The van der Waals surface area contributed by atoms with Gasteiger partial charge in [0.1, 0.15) is 24.4 Å². The fraction of sp³-hybridized carbons (Fsp3) is 1.00. The van der Waals surface area contributed by atoms with Crippen LogP contribution in [0.3, 0.4) is 0 Å². The second-order valence-electron chi connectivity index (χ2n) is 19.7. The average molecular weight is 980 g/mol. The zero-order valence-electron chi connectivity index (χ0n) is 43.1. The highest BCUT2D eigenvalue weighted by atomic mass is 16.6. The smallest absolute Gasteiger partial charge is 0.110 e. The minimum Gasteiger partial charge on any atom is -0.390 e. The highest BCUT2D eigenvalue weighted by molar-refractivity contribution is 4.94. The number of methoxy groups -OCH3 is 1. The lowest BCUT2D eigenvalue weighted by Gasteiger charge is -2.44. The molecule has 2 rings (SSSR count). The third-order valence-corrected chi connectivity index (χ3v) is 14.0. The van der Waals surface area contributed by atoms with Crippen LogP contribution in [0, 0.1) is 11.8 Å². The largest absolute Gasteiger partial charge is 0.390 e. The molecule has 2 aliphatic heterocycles. The Bertz CT molecular complexity index is 1030. The first-order valence-electron chi connectivity index (χ1n) is 27.8. The second kappa shape index (κ2) is 47.5. The molecule has 0 aromatic rings. The van der Waals surface area contributed by atoms with Gasteiger partial charge in [0.15, 0.2) is 0 Å². The molecule has 68 heavy (non-hydrogen) atoms. The fourth-order valence-corrected chi connectivity index (χ4v) is 9.63. The van der Waals surface area contributed by atoms with E-state index in [9.17, 15) is 20.4 Å². The van der Waals surface area contributed by atoms with Gasteiger partial charge >= 0.3 is 0 Å². The summed E-state index contributed by atoms with van der Waals surface area (Å²) in [5.41, 5.74) is 0. The van der Waals surface area contributed by atoms with E-state index >= 15 is 0 Å². The van der Waals surface area contributed by atoms with E-state index in [0.717, 1.165) is 19.4 Å². The third kappa shape index (κ3) is 31.9. The summed E-state index contributed by atoms with van der Waals surface area (Å²) in [6.07, 6.45) is 30.9. The summed E-state index contributed by atoms with van der Waals surface area (Å²) in [5, 5.41) is 44.2. The normalized spacial score (nSPS) is 25.1. The van der Waals surface area contributed by atoms with E-state index < -0.39 is 54.7 Å². The van der Waals surface area contributed by atoms with Gasteiger partial charge in [0, 0.05) is 32.2 Å². The van der Waals surface area contributed by atoms with Crippen molar-refractivity contribution in [2.75, 3.05) is 79.8 Å². The van der Waals surface area contributed by atoms with Gasteiger partial charge in [-0.1, -0.05) is 203 Å².